The fourth-order valence-corrected chi connectivity index (χ4v) is 8.90. The Bertz CT molecular complexity index is 2250. The molecule has 2 heterocycles. The van der Waals surface area contributed by atoms with E-state index in [-0.39, 0.29) is 28.7 Å². The van der Waals surface area contributed by atoms with Crippen LogP contribution in [0.1, 0.15) is 35.4 Å². The standard InChI is InChI=1S/C34H16Cl2F12N2O5/c35-31-9-16-14(2-3-15-19(16)28(53)49(27(15)52)13-7-11(33(43,44)45)6-12(8-13)34(46,47)48)20(10-1-4-18(51)17(37)5-10)32(31,36)30(55)50(29(31)54)26-24(41)22(39)21(38)23(40)25(26)42/h1-2,4-8,15-16,19-20,51H,3,9H2/t15-,16+,19-,20-,31+,32-/m0/s1. The number of halogens is 14. The van der Waals surface area contributed by atoms with Crippen LogP contribution in [0.4, 0.5) is 64.1 Å². The van der Waals surface area contributed by atoms with Crippen LogP contribution in [-0.2, 0) is 31.5 Å². The van der Waals surface area contributed by atoms with E-state index in [2.05, 4.69) is 0 Å². The van der Waals surface area contributed by atoms with Gasteiger partial charge in [-0.25, -0.2) is 36.1 Å². The van der Waals surface area contributed by atoms with E-state index in [0.29, 0.717) is 6.07 Å². The van der Waals surface area contributed by atoms with Crippen LogP contribution in [0.15, 0.2) is 48.0 Å². The van der Waals surface area contributed by atoms with Gasteiger partial charge in [-0.1, -0.05) is 17.7 Å². The fraction of sp³-hybridized carbons (Fsp3) is 0.294. The molecule has 0 radical (unpaired) electrons. The summed E-state index contributed by atoms with van der Waals surface area (Å²) in [5.74, 6) is -29.1. The Labute approximate surface area is 308 Å². The Kier molecular flexibility index (Phi) is 8.47. The molecule has 0 spiro atoms. The minimum Gasteiger partial charge on any atom is -0.505 e. The lowest BCUT2D eigenvalue weighted by molar-refractivity contribution is -0.143. The highest BCUT2D eigenvalue weighted by Gasteiger charge is 2.77. The molecule has 2 saturated heterocycles. The smallest absolute Gasteiger partial charge is 0.416 e. The van der Waals surface area contributed by atoms with Crippen molar-refractivity contribution < 1.29 is 77.0 Å². The van der Waals surface area contributed by atoms with Gasteiger partial charge in [0.05, 0.1) is 28.7 Å². The molecule has 4 amide bonds. The molecule has 290 valence electrons. The second-order valence-electron chi connectivity index (χ2n) is 13.2. The van der Waals surface area contributed by atoms with Gasteiger partial charge in [0, 0.05) is 5.92 Å². The molecule has 55 heavy (non-hydrogen) atoms. The first-order chi connectivity index (χ1) is 25.4. The maximum absolute atomic E-state index is 15.1. The zero-order valence-corrected chi connectivity index (χ0v) is 28.0. The monoisotopic (exact) mass is 830 g/mol. The van der Waals surface area contributed by atoms with Crippen molar-refractivity contribution in [3.63, 3.8) is 0 Å². The summed E-state index contributed by atoms with van der Waals surface area (Å²) in [4.78, 5) is 49.7. The minimum atomic E-state index is -5.40. The molecular weight excluding hydrogens is 815 g/mol. The summed E-state index contributed by atoms with van der Waals surface area (Å²) in [6, 6.07) is 2.23. The Hall–Kier alpha value is -4.78. The van der Waals surface area contributed by atoms with Gasteiger partial charge in [-0.3, -0.25) is 19.2 Å². The van der Waals surface area contributed by atoms with E-state index >= 15 is 8.78 Å². The van der Waals surface area contributed by atoms with Crippen molar-refractivity contribution in [2.24, 2.45) is 17.8 Å². The number of rotatable bonds is 3. The molecular formula is C34H16Cl2F12N2O5. The van der Waals surface area contributed by atoms with Gasteiger partial charge < -0.3 is 5.11 Å². The SMILES string of the molecule is O=C1[C@H]2[C@H](CC=C3[C@H]2C[C@@]2(Cl)C(=O)N(c4c(F)c(F)c(F)c(F)c4F)C(=O)[C@@]2(Cl)[C@H]3c2ccc(O)c(F)c2)C(=O)N1c1cc(C(F)(F)F)cc(C(F)(F)F)c1. The molecule has 1 N–H and O–H groups in total. The lowest BCUT2D eigenvalue weighted by Crippen LogP contribution is -2.60. The molecule has 0 unspecified atom stereocenters. The van der Waals surface area contributed by atoms with Crippen LogP contribution in [0.25, 0.3) is 0 Å². The summed E-state index contributed by atoms with van der Waals surface area (Å²) in [6.07, 6.45) is -11.2. The van der Waals surface area contributed by atoms with Crippen LogP contribution in [0.2, 0.25) is 0 Å². The normalized spacial score (nSPS) is 28.1. The van der Waals surface area contributed by atoms with E-state index in [1.54, 1.807) is 0 Å². The maximum Gasteiger partial charge on any atom is 0.416 e. The van der Waals surface area contributed by atoms with E-state index in [1.165, 1.54) is 0 Å². The zero-order chi connectivity index (χ0) is 40.6. The van der Waals surface area contributed by atoms with Crippen molar-refractivity contribution in [2.75, 3.05) is 9.80 Å². The Morgan fingerprint density at radius 1 is 0.691 bits per heavy atom. The summed E-state index contributed by atoms with van der Waals surface area (Å²) in [5.41, 5.74) is -7.64. The number of anilines is 2. The van der Waals surface area contributed by atoms with Crippen molar-refractivity contribution in [3.8, 4) is 5.75 Å². The topological polar surface area (TPSA) is 95.0 Å². The number of aromatic hydroxyl groups is 1. The number of imide groups is 2. The van der Waals surface area contributed by atoms with Gasteiger partial charge in [0.1, 0.15) is 5.69 Å². The van der Waals surface area contributed by atoms with E-state index in [9.17, 15) is 68.2 Å². The molecule has 7 rings (SSSR count). The highest BCUT2D eigenvalue weighted by atomic mass is 35.5. The highest BCUT2D eigenvalue weighted by Crippen LogP contribution is 2.66. The minimum absolute atomic E-state index is 0.0675. The number of alkyl halides is 8. The number of carbonyl (C=O) groups excluding carboxylic acids is 4. The largest absolute Gasteiger partial charge is 0.505 e. The number of nitrogens with zero attached hydrogens (tertiary/aromatic N) is 2. The molecule has 3 aromatic rings. The number of phenols is 1. The maximum atomic E-state index is 15.1. The highest BCUT2D eigenvalue weighted by molar-refractivity contribution is 6.58. The number of phenolic OH excluding ortho intramolecular Hbond substituents is 1. The quantitative estimate of drug-likeness (QED) is 0.0721. The fourth-order valence-electron chi connectivity index (χ4n) is 7.97. The van der Waals surface area contributed by atoms with E-state index in [0.717, 1.165) is 18.2 Å². The summed E-state index contributed by atoms with van der Waals surface area (Å²) in [7, 11) is 0. The molecule has 7 nitrogen and oxygen atoms in total. The Morgan fingerprint density at radius 3 is 1.76 bits per heavy atom. The van der Waals surface area contributed by atoms with Gasteiger partial charge in [0.25, 0.3) is 11.8 Å². The summed E-state index contributed by atoms with van der Waals surface area (Å²) >= 11 is 13.8. The molecule has 6 atom stereocenters. The third kappa shape index (κ3) is 5.20. The average molecular weight is 831 g/mol. The molecule has 0 aromatic heterocycles. The molecule has 1 saturated carbocycles. The lowest BCUT2D eigenvalue weighted by Gasteiger charge is -2.50. The molecule has 2 aliphatic carbocycles. The van der Waals surface area contributed by atoms with Crippen LogP contribution in [0.3, 0.4) is 0 Å². The molecule has 4 aliphatic rings. The predicted molar refractivity (Wildman–Crippen MR) is 163 cm³/mol. The van der Waals surface area contributed by atoms with E-state index in [4.69, 9.17) is 23.2 Å². The first-order valence-electron chi connectivity index (χ1n) is 15.5. The van der Waals surface area contributed by atoms with Crippen LogP contribution in [-0.4, -0.2) is 38.5 Å². The van der Waals surface area contributed by atoms with Crippen molar-refractivity contribution in [1.82, 2.24) is 0 Å². The third-order valence-corrected chi connectivity index (χ3v) is 11.8. The van der Waals surface area contributed by atoms with Gasteiger partial charge in [-0.2, -0.15) is 26.3 Å². The number of allylic oxidation sites excluding steroid dienone is 2. The zero-order valence-electron chi connectivity index (χ0n) is 26.5. The van der Waals surface area contributed by atoms with Gasteiger partial charge in [0.2, 0.25) is 17.6 Å². The van der Waals surface area contributed by atoms with E-state index < -0.39 is 156 Å². The van der Waals surface area contributed by atoms with Crippen LogP contribution >= 0.6 is 23.2 Å². The van der Waals surface area contributed by atoms with Crippen LogP contribution in [0.5, 0.6) is 5.75 Å². The molecule has 3 aromatic carbocycles. The van der Waals surface area contributed by atoms with Crippen molar-refractivity contribution in [1.29, 1.82) is 0 Å². The molecule has 0 bridgehead atoms. The lowest BCUT2D eigenvalue weighted by atomic mass is 9.56. The van der Waals surface area contributed by atoms with Gasteiger partial charge in [0.15, 0.2) is 44.6 Å². The van der Waals surface area contributed by atoms with Gasteiger partial charge >= 0.3 is 12.4 Å². The van der Waals surface area contributed by atoms with E-state index in [1.807, 2.05) is 0 Å². The Balaban J connectivity index is 1.41. The Morgan fingerprint density at radius 2 is 1.24 bits per heavy atom. The van der Waals surface area contributed by atoms with Crippen molar-refractivity contribution >= 4 is 58.2 Å². The van der Waals surface area contributed by atoms with Crippen molar-refractivity contribution in [2.45, 2.75) is 40.9 Å². The predicted octanol–water partition coefficient (Wildman–Crippen LogP) is 8.03. The number of carbonyl (C=O) groups is 4. The van der Waals surface area contributed by atoms with Crippen LogP contribution < -0.4 is 9.80 Å². The molecule has 3 fully saturated rings. The number of hydrogen-bond donors (Lipinski definition) is 1. The molecule has 21 heteroatoms. The van der Waals surface area contributed by atoms with Gasteiger partial charge in [-0.15, -0.1) is 23.2 Å². The second-order valence-corrected chi connectivity index (χ2v) is 14.4. The van der Waals surface area contributed by atoms with Crippen LogP contribution in [0, 0.1) is 52.7 Å². The first kappa shape index (κ1) is 38.5. The molecule has 2 aliphatic heterocycles. The number of hydrogen-bond acceptors (Lipinski definition) is 5. The number of fused-ring (bicyclic) bond motifs is 4. The first-order valence-corrected chi connectivity index (χ1v) is 16.3. The third-order valence-electron chi connectivity index (χ3n) is 10.4. The average Bonchev–Trinajstić information content (AvgIpc) is 3.45. The second kappa shape index (κ2) is 12.1. The number of benzene rings is 3. The van der Waals surface area contributed by atoms with Crippen molar-refractivity contribution in [3.05, 3.63) is 99.6 Å². The summed E-state index contributed by atoms with van der Waals surface area (Å²) in [6.45, 7) is 0. The summed E-state index contributed by atoms with van der Waals surface area (Å²) in [5, 5.41) is 9.87. The summed E-state index contributed by atoms with van der Waals surface area (Å²) < 4.78 is 170. The number of amides is 4. The van der Waals surface area contributed by atoms with Gasteiger partial charge in [-0.05, 0) is 54.7 Å².